The molecule has 4 heteroatoms. The van der Waals surface area contributed by atoms with E-state index in [9.17, 15) is 4.39 Å². The van der Waals surface area contributed by atoms with Gasteiger partial charge in [0.05, 0.1) is 5.69 Å². The van der Waals surface area contributed by atoms with Crippen molar-refractivity contribution >= 4 is 12.5 Å². The van der Waals surface area contributed by atoms with E-state index in [1.54, 1.807) is 20.3 Å². The van der Waals surface area contributed by atoms with Crippen LogP contribution in [0.3, 0.4) is 0 Å². The molecule has 1 aromatic rings. The van der Waals surface area contributed by atoms with Crippen LogP contribution in [0.1, 0.15) is 51.5 Å². The quantitative estimate of drug-likeness (QED) is 0.810. The lowest BCUT2D eigenvalue weighted by Gasteiger charge is -2.33. The van der Waals surface area contributed by atoms with Crippen molar-refractivity contribution in [2.75, 3.05) is 32.2 Å². The van der Waals surface area contributed by atoms with Crippen LogP contribution >= 0.6 is 0 Å². The van der Waals surface area contributed by atoms with Crippen LogP contribution in [0.5, 0.6) is 0 Å². The second kappa shape index (κ2) is 12.1. The van der Waals surface area contributed by atoms with Gasteiger partial charge in [-0.1, -0.05) is 32.9 Å². The number of halogens is 1. The zero-order valence-corrected chi connectivity index (χ0v) is 15.3. The zero-order valence-electron chi connectivity index (χ0n) is 15.3. The molecule has 0 radical (unpaired) electrons. The lowest BCUT2D eigenvalue weighted by atomic mass is 9.88. The molecule has 0 amide bonds. The highest BCUT2D eigenvalue weighted by Crippen LogP contribution is 2.35. The van der Waals surface area contributed by atoms with Crippen LogP contribution in [0.4, 0.5) is 10.1 Å². The van der Waals surface area contributed by atoms with Gasteiger partial charge in [-0.05, 0) is 42.7 Å². The molecular formula is C19H32FNO2. The third-order valence-corrected chi connectivity index (χ3v) is 4.18. The molecule has 1 fully saturated rings. The number of hydrogen-bond acceptors (Lipinski definition) is 3. The number of benzene rings is 1. The molecule has 0 aliphatic carbocycles. The minimum atomic E-state index is -0.0538. The minimum Gasteiger partial charge on any atom is -0.388 e. The van der Waals surface area contributed by atoms with E-state index in [-0.39, 0.29) is 5.82 Å². The largest absolute Gasteiger partial charge is 0.388 e. The van der Waals surface area contributed by atoms with Crippen LogP contribution in [-0.4, -0.2) is 34.1 Å². The van der Waals surface area contributed by atoms with Crippen LogP contribution < -0.4 is 4.90 Å². The predicted molar refractivity (Wildman–Crippen MR) is 95.8 cm³/mol. The zero-order chi connectivity index (χ0) is 17.8. The molecule has 1 saturated heterocycles. The van der Waals surface area contributed by atoms with E-state index in [0.717, 1.165) is 18.8 Å². The number of piperidine rings is 1. The number of hydrogen-bond donors (Lipinski definition) is 0. The van der Waals surface area contributed by atoms with Gasteiger partial charge in [-0.3, -0.25) is 0 Å². The topological polar surface area (TPSA) is 29.5 Å². The number of methoxy groups -OCH3 is 1. The summed E-state index contributed by atoms with van der Waals surface area (Å²) in [6.45, 7) is 10.6. The minimum absolute atomic E-state index is 0.0538. The fourth-order valence-electron chi connectivity index (χ4n) is 2.71. The Balaban J connectivity index is 0.000000868. The summed E-state index contributed by atoms with van der Waals surface area (Å²) in [5.74, 6) is 0.884. The number of carbonyl (C=O) groups is 1. The molecule has 1 aliphatic rings. The molecular weight excluding hydrogens is 293 g/mol. The first-order valence-corrected chi connectivity index (χ1v) is 8.25. The number of nitrogens with zero attached hydrogens (tertiary/aromatic N) is 1. The molecule has 1 aliphatic heterocycles. The van der Waals surface area contributed by atoms with E-state index in [0.29, 0.717) is 11.8 Å². The number of rotatable bonds is 3. The average Bonchev–Trinajstić information content (AvgIpc) is 2.57. The highest BCUT2D eigenvalue weighted by Gasteiger charge is 2.22. The van der Waals surface area contributed by atoms with Gasteiger partial charge in [-0.25, -0.2) is 4.39 Å². The van der Waals surface area contributed by atoms with Gasteiger partial charge in [0.15, 0.2) is 0 Å². The second-order valence-electron chi connectivity index (χ2n) is 6.17. The summed E-state index contributed by atoms with van der Waals surface area (Å²) in [5.41, 5.74) is 2.03. The standard InChI is InChI=1S/C16H24FN.C2H6O.CH2O/c1-12(2)13(3)14-8-7-9-15(17)16(14)18-10-5-4-6-11-18;1-3-2;1-2/h7-9,12-13H,4-6,10-11H2,1-3H3;1-2H3;1H2/t13-;;/m0../s1. The fourth-order valence-corrected chi connectivity index (χ4v) is 2.71. The normalized spacial score (nSPS) is 15.2. The number of ether oxygens (including phenoxy) is 1. The Hall–Kier alpha value is -1.42. The van der Waals surface area contributed by atoms with Crippen molar-refractivity contribution in [2.24, 2.45) is 5.92 Å². The Bertz CT molecular complexity index is 431. The molecule has 1 aromatic carbocycles. The average molecular weight is 325 g/mol. The van der Waals surface area contributed by atoms with E-state index in [2.05, 4.69) is 36.5 Å². The molecule has 0 aromatic heterocycles. The van der Waals surface area contributed by atoms with Crippen LogP contribution in [0.15, 0.2) is 18.2 Å². The van der Waals surface area contributed by atoms with E-state index in [4.69, 9.17) is 4.79 Å². The van der Waals surface area contributed by atoms with Crippen molar-refractivity contribution in [3.05, 3.63) is 29.6 Å². The molecule has 0 N–H and O–H groups in total. The molecule has 3 nitrogen and oxygen atoms in total. The first-order chi connectivity index (χ1) is 11.0. The van der Waals surface area contributed by atoms with Crippen LogP contribution in [0.25, 0.3) is 0 Å². The van der Waals surface area contributed by atoms with Crippen molar-refractivity contribution < 1.29 is 13.9 Å². The fraction of sp³-hybridized carbons (Fsp3) is 0.632. The Labute approximate surface area is 140 Å². The number of anilines is 1. The van der Waals surface area contributed by atoms with Crippen molar-refractivity contribution in [3.8, 4) is 0 Å². The van der Waals surface area contributed by atoms with Gasteiger partial charge in [-0.2, -0.15) is 0 Å². The molecule has 0 saturated carbocycles. The number of para-hydroxylation sites is 1. The summed E-state index contributed by atoms with van der Waals surface area (Å²) < 4.78 is 18.5. The van der Waals surface area contributed by atoms with E-state index in [1.165, 1.54) is 24.8 Å². The van der Waals surface area contributed by atoms with Crippen LogP contribution in [-0.2, 0) is 9.53 Å². The van der Waals surface area contributed by atoms with Gasteiger partial charge >= 0.3 is 0 Å². The van der Waals surface area contributed by atoms with Gasteiger partial charge in [0.1, 0.15) is 12.6 Å². The summed E-state index contributed by atoms with van der Waals surface area (Å²) >= 11 is 0. The Morgan fingerprint density at radius 1 is 1.09 bits per heavy atom. The highest BCUT2D eigenvalue weighted by molar-refractivity contribution is 5.56. The molecule has 2 rings (SSSR count). The molecule has 0 spiro atoms. The van der Waals surface area contributed by atoms with E-state index in [1.807, 2.05) is 12.9 Å². The Morgan fingerprint density at radius 2 is 1.61 bits per heavy atom. The molecule has 1 heterocycles. The third kappa shape index (κ3) is 6.69. The lowest BCUT2D eigenvalue weighted by molar-refractivity contribution is -0.0979. The van der Waals surface area contributed by atoms with Crippen molar-refractivity contribution in [1.82, 2.24) is 0 Å². The second-order valence-corrected chi connectivity index (χ2v) is 6.17. The Morgan fingerprint density at radius 3 is 2.09 bits per heavy atom. The van der Waals surface area contributed by atoms with Gasteiger partial charge in [0.2, 0.25) is 0 Å². The first-order valence-electron chi connectivity index (χ1n) is 8.25. The van der Waals surface area contributed by atoms with Crippen LogP contribution in [0, 0.1) is 11.7 Å². The first kappa shape index (κ1) is 21.6. The highest BCUT2D eigenvalue weighted by atomic mass is 19.1. The summed E-state index contributed by atoms with van der Waals surface area (Å²) in [4.78, 5) is 10.2. The van der Waals surface area contributed by atoms with Gasteiger partial charge in [0.25, 0.3) is 0 Å². The van der Waals surface area contributed by atoms with Gasteiger partial charge in [-0.15, -0.1) is 0 Å². The lowest BCUT2D eigenvalue weighted by Crippen LogP contribution is -2.31. The molecule has 0 bridgehead atoms. The monoisotopic (exact) mass is 325 g/mol. The summed E-state index contributed by atoms with van der Waals surface area (Å²) in [5, 5.41) is 0. The third-order valence-electron chi connectivity index (χ3n) is 4.18. The smallest absolute Gasteiger partial charge is 0.146 e. The maximum Gasteiger partial charge on any atom is 0.146 e. The van der Waals surface area contributed by atoms with E-state index < -0.39 is 0 Å². The van der Waals surface area contributed by atoms with Crippen LogP contribution in [0.2, 0.25) is 0 Å². The molecule has 0 unspecified atom stereocenters. The van der Waals surface area contributed by atoms with Crippen molar-refractivity contribution in [1.29, 1.82) is 0 Å². The number of carbonyl (C=O) groups excluding carboxylic acids is 1. The van der Waals surface area contributed by atoms with E-state index >= 15 is 0 Å². The molecule has 23 heavy (non-hydrogen) atoms. The van der Waals surface area contributed by atoms with Gasteiger partial charge in [0, 0.05) is 27.3 Å². The SMILES string of the molecule is C=O.CC(C)[C@H](C)c1cccc(F)c1N1CCCCC1.COC. The maximum absolute atomic E-state index is 14.2. The summed E-state index contributed by atoms with van der Waals surface area (Å²) in [7, 11) is 3.25. The summed E-state index contributed by atoms with van der Waals surface area (Å²) in [6.07, 6.45) is 3.65. The Kier molecular flexibility index (Phi) is 11.3. The molecule has 132 valence electrons. The maximum atomic E-state index is 14.2. The van der Waals surface area contributed by atoms with Gasteiger partial charge < -0.3 is 14.4 Å². The van der Waals surface area contributed by atoms with Crippen molar-refractivity contribution in [2.45, 2.75) is 46.0 Å². The molecule has 1 atom stereocenters. The summed E-state index contributed by atoms with van der Waals surface area (Å²) in [6, 6.07) is 5.54. The van der Waals surface area contributed by atoms with Crippen molar-refractivity contribution in [3.63, 3.8) is 0 Å². The predicted octanol–water partition coefficient (Wildman–Crippen LogP) is 4.65.